The summed E-state index contributed by atoms with van der Waals surface area (Å²) in [4.78, 5) is 32.9. The number of nitrogens with zero attached hydrogens (tertiary/aromatic N) is 3. The fourth-order valence-corrected chi connectivity index (χ4v) is 5.68. The SMILES string of the molecule is CCNc1ccc(C(c2ccc(C)c(CN3CCOc4cccnc4C3)c2)[C@@H](C)C(=O)N(C)CCOC=O)c(C)c1N. The Balaban J connectivity index is 1.70. The molecule has 3 N–H and O–H groups in total. The third-order valence-electron chi connectivity index (χ3n) is 8.15. The number of amides is 1. The number of carbonyl (C=O) groups excluding carboxylic acids is 2. The monoisotopic (exact) mass is 573 g/mol. The van der Waals surface area contributed by atoms with Crippen LogP contribution < -0.4 is 15.8 Å². The second kappa shape index (κ2) is 14.2. The number of likely N-dealkylation sites (N-methyl/N-ethyl adjacent to an activating group) is 1. The molecule has 9 nitrogen and oxygen atoms in total. The number of rotatable bonds is 12. The van der Waals surface area contributed by atoms with E-state index in [2.05, 4.69) is 46.4 Å². The van der Waals surface area contributed by atoms with Crippen LogP contribution in [0.4, 0.5) is 11.4 Å². The molecule has 1 aromatic heterocycles. The van der Waals surface area contributed by atoms with Gasteiger partial charge in [0.1, 0.15) is 19.0 Å². The second-order valence-electron chi connectivity index (χ2n) is 11.0. The smallest absolute Gasteiger partial charge is 0.293 e. The highest BCUT2D eigenvalue weighted by Crippen LogP contribution is 2.39. The van der Waals surface area contributed by atoms with Crippen molar-refractivity contribution in [3.8, 4) is 5.75 Å². The van der Waals surface area contributed by atoms with Crippen LogP contribution in [0.15, 0.2) is 48.7 Å². The van der Waals surface area contributed by atoms with E-state index in [0.717, 1.165) is 53.5 Å². The molecule has 2 atom stereocenters. The van der Waals surface area contributed by atoms with Crippen molar-refractivity contribution in [2.75, 3.05) is 50.9 Å². The van der Waals surface area contributed by atoms with E-state index in [1.165, 1.54) is 11.1 Å². The topological polar surface area (TPSA) is 110 Å². The van der Waals surface area contributed by atoms with Crippen molar-refractivity contribution >= 4 is 23.8 Å². The molecule has 224 valence electrons. The number of carbonyl (C=O) groups is 2. The van der Waals surface area contributed by atoms with Crippen molar-refractivity contribution in [3.05, 3.63) is 82.2 Å². The summed E-state index contributed by atoms with van der Waals surface area (Å²) in [7, 11) is 1.74. The Morgan fingerprint density at radius 3 is 2.83 bits per heavy atom. The van der Waals surface area contributed by atoms with Crippen molar-refractivity contribution < 1.29 is 19.1 Å². The van der Waals surface area contributed by atoms with E-state index in [0.29, 0.717) is 31.9 Å². The normalized spacial score (nSPS) is 14.6. The molecule has 0 bridgehead atoms. The number of fused-ring (bicyclic) bond motifs is 1. The molecule has 9 heteroatoms. The summed E-state index contributed by atoms with van der Waals surface area (Å²) >= 11 is 0. The lowest BCUT2D eigenvalue weighted by atomic mass is 9.78. The quantitative estimate of drug-likeness (QED) is 0.185. The number of ether oxygens (including phenoxy) is 2. The fraction of sp³-hybridized carbons (Fsp3) is 0.424. The van der Waals surface area contributed by atoms with Crippen molar-refractivity contribution in [2.45, 2.75) is 46.7 Å². The number of hydrogen-bond donors (Lipinski definition) is 2. The van der Waals surface area contributed by atoms with Gasteiger partial charge in [0.25, 0.3) is 6.47 Å². The number of nitrogen functional groups attached to an aromatic ring is 1. The van der Waals surface area contributed by atoms with E-state index in [1.807, 2.05) is 39.0 Å². The predicted octanol–water partition coefficient (Wildman–Crippen LogP) is 4.51. The number of aryl methyl sites for hydroxylation is 1. The van der Waals surface area contributed by atoms with Gasteiger partial charge in [0.15, 0.2) is 0 Å². The van der Waals surface area contributed by atoms with Crippen molar-refractivity contribution in [1.29, 1.82) is 0 Å². The van der Waals surface area contributed by atoms with E-state index in [1.54, 1.807) is 18.1 Å². The minimum absolute atomic E-state index is 0.0299. The first kappa shape index (κ1) is 30.8. The minimum Gasteiger partial charge on any atom is -0.490 e. The minimum atomic E-state index is -0.396. The first-order chi connectivity index (χ1) is 20.2. The van der Waals surface area contributed by atoms with Crippen LogP contribution in [0.5, 0.6) is 5.75 Å². The summed E-state index contributed by atoms with van der Waals surface area (Å²) in [6, 6.07) is 14.5. The van der Waals surface area contributed by atoms with Crippen LogP contribution in [0.1, 0.15) is 53.3 Å². The van der Waals surface area contributed by atoms with E-state index in [4.69, 9.17) is 15.2 Å². The van der Waals surface area contributed by atoms with Crippen LogP contribution in [-0.2, 0) is 27.4 Å². The van der Waals surface area contributed by atoms with Crippen molar-refractivity contribution in [2.24, 2.45) is 5.92 Å². The molecule has 0 saturated carbocycles. The highest BCUT2D eigenvalue weighted by Gasteiger charge is 2.31. The second-order valence-corrected chi connectivity index (χ2v) is 11.0. The lowest BCUT2D eigenvalue weighted by molar-refractivity contribution is -0.137. The zero-order chi connectivity index (χ0) is 30.2. The van der Waals surface area contributed by atoms with Gasteiger partial charge in [0.2, 0.25) is 5.91 Å². The van der Waals surface area contributed by atoms with Crippen LogP contribution in [0.2, 0.25) is 0 Å². The molecule has 0 fully saturated rings. The fourth-order valence-electron chi connectivity index (χ4n) is 5.68. The number of pyridine rings is 1. The third kappa shape index (κ3) is 7.02. The number of nitrogens with one attached hydrogen (secondary N) is 1. The van der Waals surface area contributed by atoms with Crippen LogP contribution in [0, 0.1) is 19.8 Å². The largest absolute Gasteiger partial charge is 0.490 e. The molecular weight excluding hydrogens is 530 g/mol. The van der Waals surface area contributed by atoms with Crippen molar-refractivity contribution in [3.63, 3.8) is 0 Å². The van der Waals surface area contributed by atoms with Gasteiger partial charge >= 0.3 is 0 Å². The number of nitrogens with two attached hydrogens (primary N) is 1. The van der Waals surface area contributed by atoms with Gasteiger partial charge in [-0.1, -0.05) is 31.2 Å². The Morgan fingerprint density at radius 1 is 1.26 bits per heavy atom. The third-order valence-corrected chi connectivity index (χ3v) is 8.15. The average Bonchev–Trinajstić information content (AvgIpc) is 3.19. The van der Waals surface area contributed by atoms with Gasteiger partial charge in [-0.25, -0.2) is 0 Å². The molecule has 1 amide bonds. The molecule has 0 saturated heterocycles. The molecule has 3 aromatic rings. The molecule has 42 heavy (non-hydrogen) atoms. The summed E-state index contributed by atoms with van der Waals surface area (Å²) in [6.07, 6.45) is 1.80. The van der Waals surface area contributed by atoms with E-state index >= 15 is 0 Å². The van der Waals surface area contributed by atoms with E-state index in [-0.39, 0.29) is 18.4 Å². The first-order valence-corrected chi connectivity index (χ1v) is 14.6. The predicted molar refractivity (Wildman–Crippen MR) is 165 cm³/mol. The van der Waals surface area contributed by atoms with Crippen LogP contribution in [0.3, 0.4) is 0 Å². The molecule has 0 radical (unpaired) electrons. The first-order valence-electron chi connectivity index (χ1n) is 14.6. The van der Waals surface area contributed by atoms with Gasteiger partial charge in [-0.2, -0.15) is 0 Å². The summed E-state index contributed by atoms with van der Waals surface area (Å²) in [5.41, 5.74) is 14.5. The van der Waals surface area contributed by atoms with Crippen LogP contribution >= 0.6 is 0 Å². The van der Waals surface area contributed by atoms with Crippen molar-refractivity contribution in [1.82, 2.24) is 14.8 Å². The van der Waals surface area contributed by atoms with E-state index < -0.39 is 5.92 Å². The summed E-state index contributed by atoms with van der Waals surface area (Å²) in [5, 5.41) is 3.33. The molecule has 1 unspecified atom stereocenters. The Kier molecular flexibility index (Phi) is 10.4. The summed E-state index contributed by atoms with van der Waals surface area (Å²) in [5.74, 6) is 0.180. The van der Waals surface area contributed by atoms with Gasteiger partial charge < -0.3 is 25.4 Å². The van der Waals surface area contributed by atoms with Gasteiger partial charge in [-0.3, -0.25) is 19.5 Å². The molecule has 2 heterocycles. The Morgan fingerprint density at radius 2 is 2.07 bits per heavy atom. The summed E-state index contributed by atoms with van der Waals surface area (Å²) < 4.78 is 10.8. The molecule has 4 rings (SSSR count). The maximum atomic E-state index is 13.7. The zero-order valence-corrected chi connectivity index (χ0v) is 25.4. The van der Waals surface area contributed by atoms with E-state index in [9.17, 15) is 9.59 Å². The Hall–Kier alpha value is -4.11. The maximum absolute atomic E-state index is 13.7. The van der Waals surface area contributed by atoms with Crippen LogP contribution in [-0.4, -0.2) is 67.1 Å². The molecule has 0 spiro atoms. The van der Waals surface area contributed by atoms with Gasteiger partial charge in [-0.15, -0.1) is 0 Å². The number of hydrogen-bond acceptors (Lipinski definition) is 8. The summed E-state index contributed by atoms with van der Waals surface area (Å²) in [6.45, 7) is 12.6. The van der Waals surface area contributed by atoms with Gasteiger partial charge in [0.05, 0.1) is 23.6 Å². The van der Waals surface area contributed by atoms with Gasteiger partial charge in [-0.05, 0) is 66.8 Å². The number of anilines is 2. The molecule has 0 aliphatic carbocycles. The standard InChI is InChI=1S/C33H43N5O4/c1-6-35-28-12-11-27(23(3)32(28)34)31(24(4)33(40)37(5)14-16-41-21-39)25-10-9-22(2)26(18-25)19-38-15-17-42-30-8-7-13-36-29(30)20-38/h7-13,18,21,24,31,35H,6,14-17,19-20,34H2,1-5H3/t24-,31?/m1/s1. The Bertz CT molecular complexity index is 1390. The highest BCUT2D eigenvalue weighted by atomic mass is 16.5. The maximum Gasteiger partial charge on any atom is 0.293 e. The molecular formula is C33H43N5O4. The Labute approximate surface area is 249 Å². The van der Waals surface area contributed by atoms with Crippen LogP contribution in [0.25, 0.3) is 0 Å². The highest BCUT2D eigenvalue weighted by molar-refractivity contribution is 5.81. The number of aromatic nitrogens is 1. The average molecular weight is 574 g/mol. The molecule has 1 aliphatic heterocycles. The zero-order valence-electron chi connectivity index (χ0n) is 25.4. The molecule has 1 aliphatic rings. The number of benzene rings is 2. The molecule has 2 aromatic carbocycles. The lowest BCUT2D eigenvalue weighted by Crippen LogP contribution is -2.37. The van der Waals surface area contributed by atoms with Gasteiger partial charge in [0, 0.05) is 51.3 Å². The lowest BCUT2D eigenvalue weighted by Gasteiger charge is -2.31.